The molecule has 0 unspecified atom stereocenters. The van der Waals surface area contributed by atoms with Crippen molar-refractivity contribution in [3.05, 3.63) is 95.8 Å². The fourth-order valence-electron chi connectivity index (χ4n) is 2.75. The van der Waals surface area contributed by atoms with Gasteiger partial charge >= 0.3 is 0 Å². The van der Waals surface area contributed by atoms with E-state index in [1.54, 1.807) is 18.2 Å². The second-order valence-electron chi connectivity index (χ2n) is 6.35. The molecule has 0 atom stereocenters. The van der Waals surface area contributed by atoms with Crippen molar-refractivity contribution in [2.45, 2.75) is 12.8 Å². The molecule has 0 aliphatic rings. The average Bonchev–Trinajstić information content (AvgIpc) is 2.72. The zero-order valence-electron chi connectivity index (χ0n) is 15.7. The van der Waals surface area contributed by atoms with Crippen molar-refractivity contribution < 1.29 is 13.9 Å². The lowest BCUT2D eigenvalue weighted by atomic mass is 10.1. The summed E-state index contributed by atoms with van der Waals surface area (Å²) in [5, 5.41) is 5.47. The molecule has 0 heterocycles. The largest absolute Gasteiger partial charge is 0.494 e. The van der Waals surface area contributed by atoms with Crippen molar-refractivity contribution in [3.8, 4) is 5.75 Å². The summed E-state index contributed by atoms with van der Waals surface area (Å²) >= 11 is 5.15. The van der Waals surface area contributed by atoms with Gasteiger partial charge in [-0.25, -0.2) is 4.39 Å². The molecule has 0 spiro atoms. The molecule has 2 N–H and O–H groups in total. The molecule has 0 aliphatic heterocycles. The van der Waals surface area contributed by atoms with Crippen LogP contribution in [-0.4, -0.2) is 17.6 Å². The molecule has 3 aromatic rings. The van der Waals surface area contributed by atoms with E-state index in [-0.39, 0.29) is 10.7 Å². The van der Waals surface area contributed by atoms with E-state index in [4.69, 9.17) is 17.0 Å². The number of halogens is 1. The van der Waals surface area contributed by atoms with Gasteiger partial charge in [0, 0.05) is 11.8 Å². The number of rotatable bonds is 7. The van der Waals surface area contributed by atoms with E-state index < -0.39 is 11.7 Å². The molecule has 0 aliphatic carbocycles. The fourth-order valence-corrected chi connectivity index (χ4v) is 2.96. The van der Waals surface area contributed by atoms with Gasteiger partial charge in [-0.3, -0.25) is 10.1 Å². The molecule has 148 valence electrons. The molecule has 3 rings (SSSR count). The highest BCUT2D eigenvalue weighted by Gasteiger charge is 2.12. The van der Waals surface area contributed by atoms with Crippen LogP contribution in [0.2, 0.25) is 0 Å². The normalized spacial score (nSPS) is 10.2. The minimum absolute atomic E-state index is 0.0628. The molecule has 0 fully saturated rings. The first kappa shape index (κ1) is 20.5. The SMILES string of the molecule is O=C(NC(=S)Nc1cccc(OCCCc2ccccc2)c1)c1ccccc1F. The Kier molecular flexibility index (Phi) is 7.30. The van der Waals surface area contributed by atoms with Gasteiger partial charge in [0.15, 0.2) is 5.11 Å². The first-order chi connectivity index (χ1) is 14.1. The maximum absolute atomic E-state index is 13.7. The van der Waals surface area contributed by atoms with Crippen molar-refractivity contribution >= 4 is 28.9 Å². The highest BCUT2D eigenvalue weighted by atomic mass is 32.1. The third-order valence-corrected chi connectivity index (χ3v) is 4.36. The molecule has 0 bridgehead atoms. The number of carbonyl (C=O) groups excluding carboxylic acids is 1. The molecular formula is C23H21FN2O2S. The number of anilines is 1. The summed E-state index contributed by atoms with van der Waals surface area (Å²) in [6.07, 6.45) is 1.85. The number of amides is 1. The number of hydrogen-bond acceptors (Lipinski definition) is 3. The maximum atomic E-state index is 13.7. The van der Waals surface area contributed by atoms with Crippen molar-refractivity contribution in [3.63, 3.8) is 0 Å². The van der Waals surface area contributed by atoms with E-state index in [9.17, 15) is 9.18 Å². The quantitative estimate of drug-likeness (QED) is 0.428. The summed E-state index contributed by atoms with van der Waals surface area (Å²) in [6, 6.07) is 23.3. The molecule has 29 heavy (non-hydrogen) atoms. The molecule has 3 aromatic carbocycles. The van der Waals surface area contributed by atoms with E-state index >= 15 is 0 Å². The predicted molar refractivity (Wildman–Crippen MR) is 117 cm³/mol. The molecule has 6 heteroatoms. The number of ether oxygens (including phenoxy) is 1. The lowest BCUT2D eigenvalue weighted by molar-refractivity contribution is 0.0974. The van der Waals surface area contributed by atoms with Crippen LogP contribution in [0, 0.1) is 5.82 Å². The average molecular weight is 408 g/mol. The van der Waals surface area contributed by atoms with Gasteiger partial charge in [0.2, 0.25) is 0 Å². The van der Waals surface area contributed by atoms with E-state index in [1.807, 2.05) is 30.3 Å². The molecule has 4 nitrogen and oxygen atoms in total. The van der Waals surface area contributed by atoms with Crippen LogP contribution in [0.5, 0.6) is 5.75 Å². The van der Waals surface area contributed by atoms with Crippen LogP contribution in [0.25, 0.3) is 0 Å². The Balaban J connectivity index is 1.48. The Morgan fingerprint density at radius 2 is 1.72 bits per heavy atom. The second kappa shape index (κ2) is 10.3. The number of nitrogens with one attached hydrogen (secondary N) is 2. The third-order valence-electron chi connectivity index (χ3n) is 4.16. The van der Waals surface area contributed by atoms with Crippen LogP contribution in [0.4, 0.5) is 10.1 Å². The van der Waals surface area contributed by atoms with Gasteiger partial charge in [0.25, 0.3) is 5.91 Å². The first-order valence-corrected chi connectivity index (χ1v) is 9.66. The smallest absolute Gasteiger partial charge is 0.260 e. The summed E-state index contributed by atoms with van der Waals surface area (Å²) in [6.45, 7) is 0.590. The lowest BCUT2D eigenvalue weighted by Gasteiger charge is -2.12. The van der Waals surface area contributed by atoms with Gasteiger partial charge in [-0.05, 0) is 54.9 Å². The van der Waals surface area contributed by atoms with Gasteiger partial charge in [-0.2, -0.15) is 0 Å². The predicted octanol–water partition coefficient (Wildman–Crippen LogP) is 4.96. The molecular weight excluding hydrogens is 387 g/mol. The van der Waals surface area contributed by atoms with E-state index in [0.717, 1.165) is 12.8 Å². The van der Waals surface area contributed by atoms with Crippen molar-refractivity contribution in [2.24, 2.45) is 0 Å². The van der Waals surface area contributed by atoms with Crippen molar-refractivity contribution in [1.82, 2.24) is 5.32 Å². The van der Waals surface area contributed by atoms with Crippen LogP contribution < -0.4 is 15.4 Å². The zero-order chi connectivity index (χ0) is 20.5. The standard InChI is InChI=1S/C23H21FN2O2S/c24-21-14-5-4-13-20(21)22(27)26-23(29)25-18-11-6-12-19(16-18)28-15-7-10-17-8-2-1-3-9-17/h1-6,8-9,11-14,16H,7,10,15H2,(H2,25,26,27,29). The molecule has 0 saturated carbocycles. The van der Waals surface area contributed by atoms with E-state index in [1.165, 1.54) is 23.8 Å². The number of aryl methyl sites for hydroxylation is 1. The number of thiocarbonyl (C=S) groups is 1. The highest BCUT2D eigenvalue weighted by Crippen LogP contribution is 2.18. The zero-order valence-corrected chi connectivity index (χ0v) is 16.5. The minimum atomic E-state index is -0.603. The summed E-state index contributed by atoms with van der Waals surface area (Å²) in [5.41, 5.74) is 1.89. The fraction of sp³-hybridized carbons (Fsp3) is 0.130. The summed E-state index contributed by atoms with van der Waals surface area (Å²) < 4.78 is 19.5. The van der Waals surface area contributed by atoms with Gasteiger partial charge in [0.05, 0.1) is 12.2 Å². The highest BCUT2D eigenvalue weighted by molar-refractivity contribution is 7.80. The molecule has 1 amide bonds. The molecule has 0 aromatic heterocycles. The number of hydrogen-bond donors (Lipinski definition) is 2. The van der Waals surface area contributed by atoms with Crippen LogP contribution in [0.15, 0.2) is 78.9 Å². The van der Waals surface area contributed by atoms with Crippen LogP contribution in [0.1, 0.15) is 22.3 Å². The third kappa shape index (κ3) is 6.40. The molecule has 0 saturated heterocycles. The van der Waals surface area contributed by atoms with Gasteiger partial charge in [-0.15, -0.1) is 0 Å². The van der Waals surface area contributed by atoms with Gasteiger partial charge in [-0.1, -0.05) is 48.5 Å². The first-order valence-electron chi connectivity index (χ1n) is 9.25. The summed E-state index contributed by atoms with van der Waals surface area (Å²) in [4.78, 5) is 12.1. The van der Waals surface area contributed by atoms with Crippen LogP contribution in [-0.2, 0) is 6.42 Å². The maximum Gasteiger partial charge on any atom is 0.260 e. The van der Waals surface area contributed by atoms with E-state index in [0.29, 0.717) is 18.0 Å². The van der Waals surface area contributed by atoms with Crippen molar-refractivity contribution in [2.75, 3.05) is 11.9 Å². The summed E-state index contributed by atoms with van der Waals surface area (Å²) in [7, 11) is 0. The van der Waals surface area contributed by atoms with Crippen LogP contribution >= 0.6 is 12.2 Å². The Bertz CT molecular complexity index is 979. The number of benzene rings is 3. The number of carbonyl (C=O) groups is 1. The summed E-state index contributed by atoms with van der Waals surface area (Å²) in [5.74, 6) is -0.501. The monoisotopic (exact) mass is 408 g/mol. The minimum Gasteiger partial charge on any atom is -0.494 e. The van der Waals surface area contributed by atoms with E-state index in [2.05, 4.69) is 22.8 Å². The van der Waals surface area contributed by atoms with Gasteiger partial charge in [0.1, 0.15) is 11.6 Å². The Labute approximate surface area is 174 Å². The Morgan fingerprint density at radius 3 is 2.52 bits per heavy atom. The van der Waals surface area contributed by atoms with Gasteiger partial charge < -0.3 is 10.1 Å². The second-order valence-corrected chi connectivity index (χ2v) is 6.76. The molecule has 0 radical (unpaired) electrons. The van der Waals surface area contributed by atoms with Crippen molar-refractivity contribution in [1.29, 1.82) is 0 Å². The van der Waals surface area contributed by atoms with Crippen LogP contribution in [0.3, 0.4) is 0 Å². The topological polar surface area (TPSA) is 50.4 Å². The Morgan fingerprint density at radius 1 is 0.966 bits per heavy atom. The lowest BCUT2D eigenvalue weighted by Crippen LogP contribution is -2.34. The Hall–Kier alpha value is -3.25.